The van der Waals surface area contributed by atoms with Gasteiger partial charge in [0.05, 0.1) is 5.52 Å². The first kappa shape index (κ1) is 11.6. The van der Waals surface area contributed by atoms with Crippen molar-refractivity contribution < 1.29 is 4.79 Å². The fourth-order valence-electron chi connectivity index (χ4n) is 2.03. The molecule has 0 unspecified atom stereocenters. The highest BCUT2D eigenvalue weighted by molar-refractivity contribution is 6.04. The van der Waals surface area contributed by atoms with E-state index in [0.717, 1.165) is 10.9 Å². The molecule has 4 heteroatoms. The number of para-hydroxylation sites is 1. The van der Waals surface area contributed by atoms with Crippen molar-refractivity contribution in [1.29, 1.82) is 0 Å². The summed E-state index contributed by atoms with van der Waals surface area (Å²) in [6.45, 7) is 5.37. The molecule has 1 aromatic carbocycles. The number of amides is 1. The fourth-order valence-corrected chi connectivity index (χ4v) is 2.03. The van der Waals surface area contributed by atoms with Crippen LogP contribution >= 0.6 is 0 Å². The Hall–Kier alpha value is -1.84. The van der Waals surface area contributed by atoms with Gasteiger partial charge in [-0.25, -0.2) is 0 Å². The van der Waals surface area contributed by atoms with Gasteiger partial charge in [-0.1, -0.05) is 18.2 Å². The molecule has 0 aliphatic rings. The molecule has 0 bridgehead atoms. The molecule has 0 fully saturated rings. The molecule has 0 saturated carbocycles. The zero-order valence-electron chi connectivity index (χ0n) is 10.5. The molecule has 0 N–H and O–H groups in total. The summed E-state index contributed by atoms with van der Waals surface area (Å²) < 4.78 is 1.76. The molecule has 0 atom stereocenters. The molecule has 17 heavy (non-hydrogen) atoms. The maximum absolute atomic E-state index is 12.3. The van der Waals surface area contributed by atoms with Crippen LogP contribution in [0, 0.1) is 0 Å². The Bertz CT molecular complexity index is 541. The largest absolute Gasteiger partial charge is 0.338 e. The lowest BCUT2D eigenvalue weighted by molar-refractivity contribution is 0.0768. The Morgan fingerprint density at radius 3 is 2.59 bits per heavy atom. The standard InChI is InChI=1S/C13H17N3O/c1-4-16(5-2)13(17)12-10-8-6-7-9-11(10)15(3)14-12/h6-9H,4-5H2,1-3H3. The van der Waals surface area contributed by atoms with E-state index in [1.54, 1.807) is 9.58 Å². The molecule has 0 spiro atoms. The minimum Gasteiger partial charge on any atom is -0.338 e. The monoisotopic (exact) mass is 231 g/mol. The Balaban J connectivity index is 2.52. The van der Waals surface area contributed by atoms with E-state index < -0.39 is 0 Å². The van der Waals surface area contributed by atoms with Gasteiger partial charge in [0.1, 0.15) is 0 Å². The molecule has 0 aliphatic carbocycles. The van der Waals surface area contributed by atoms with Crippen LogP contribution in [0.2, 0.25) is 0 Å². The van der Waals surface area contributed by atoms with Gasteiger partial charge in [0.2, 0.25) is 0 Å². The van der Waals surface area contributed by atoms with Gasteiger partial charge in [-0.05, 0) is 19.9 Å². The van der Waals surface area contributed by atoms with E-state index in [9.17, 15) is 4.79 Å². The number of nitrogens with zero attached hydrogens (tertiary/aromatic N) is 3. The van der Waals surface area contributed by atoms with Crippen LogP contribution in [0.1, 0.15) is 24.3 Å². The molecule has 0 radical (unpaired) electrons. The van der Waals surface area contributed by atoms with E-state index in [4.69, 9.17) is 0 Å². The molecule has 90 valence electrons. The van der Waals surface area contributed by atoms with Crippen LogP contribution in [-0.2, 0) is 7.05 Å². The average molecular weight is 231 g/mol. The summed E-state index contributed by atoms with van der Waals surface area (Å²) in [6, 6.07) is 7.80. The molecule has 1 amide bonds. The second-order valence-corrected chi connectivity index (χ2v) is 3.97. The van der Waals surface area contributed by atoms with Gasteiger partial charge in [0.25, 0.3) is 5.91 Å². The summed E-state index contributed by atoms with van der Waals surface area (Å²) in [5, 5.41) is 5.26. The van der Waals surface area contributed by atoms with Crippen molar-refractivity contribution in [1.82, 2.24) is 14.7 Å². The van der Waals surface area contributed by atoms with Crippen molar-refractivity contribution in [2.24, 2.45) is 7.05 Å². The highest BCUT2D eigenvalue weighted by Gasteiger charge is 2.19. The third kappa shape index (κ3) is 1.90. The van der Waals surface area contributed by atoms with Crippen molar-refractivity contribution in [3.05, 3.63) is 30.0 Å². The summed E-state index contributed by atoms with van der Waals surface area (Å²) in [4.78, 5) is 14.1. The third-order valence-corrected chi connectivity index (χ3v) is 3.01. The minimum absolute atomic E-state index is 0.00630. The van der Waals surface area contributed by atoms with Crippen LogP contribution < -0.4 is 0 Å². The lowest BCUT2D eigenvalue weighted by Gasteiger charge is -2.17. The van der Waals surface area contributed by atoms with E-state index in [0.29, 0.717) is 18.8 Å². The quantitative estimate of drug-likeness (QED) is 0.811. The molecular formula is C13H17N3O. The van der Waals surface area contributed by atoms with Crippen LogP contribution in [0.5, 0.6) is 0 Å². The first-order chi connectivity index (χ1) is 8.19. The maximum Gasteiger partial charge on any atom is 0.274 e. The van der Waals surface area contributed by atoms with E-state index >= 15 is 0 Å². The smallest absolute Gasteiger partial charge is 0.274 e. The Labute approximate surface area is 101 Å². The Morgan fingerprint density at radius 2 is 1.94 bits per heavy atom. The molecule has 2 aromatic rings. The molecule has 4 nitrogen and oxygen atoms in total. The summed E-state index contributed by atoms with van der Waals surface area (Å²) in [5.41, 5.74) is 1.54. The number of aryl methyl sites for hydroxylation is 1. The fraction of sp³-hybridized carbons (Fsp3) is 0.385. The number of carbonyl (C=O) groups is 1. The highest BCUT2D eigenvalue weighted by Crippen LogP contribution is 2.18. The van der Waals surface area contributed by atoms with Gasteiger partial charge in [-0.2, -0.15) is 5.10 Å². The average Bonchev–Trinajstić information content (AvgIpc) is 2.69. The van der Waals surface area contributed by atoms with E-state index in [-0.39, 0.29) is 5.91 Å². The van der Waals surface area contributed by atoms with Gasteiger partial charge in [0.15, 0.2) is 5.69 Å². The molecule has 1 aromatic heterocycles. The van der Waals surface area contributed by atoms with Crippen LogP contribution in [0.15, 0.2) is 24.3 Å². The summed E-state index contributed by atoms with van der Waals surface area (Å²) in [7, 11) is 1.86. The number of hydrogen-bond acceptors (Lipinski definition) is 2. The second kappa shape index (κ2) is 4.57. The normalized spacial score (nSPS) is 10.8. The van der Waals surface area contributed by atoms with Crippen LogP contribution in [0.4, 0.5) is 0 Å². The topological polar surface area (TPSA) is 38.1 Å². The molecular weight excluding hydrogens is 214 g/mol. The molecule has 0 aliphatic heterocycles. The summed E-state index contributed by atoms with van der Waals surface area (Å²) in [5.74, 6) is 0.00630. The van der Waals surface area contributed by atoms with Gasteiger partial charge < -0.3 is 4.90 Å². The zero-order valence-corrected chi connectivity index (χ0v) is 10.5. The van der Waals surface area contributed by atoms with Crippen molar-refractivity contribution in [3.63, 3.8) is 0 Å². The van der Waals surface area contributed by atoms with Crippen molar-refractivity contribution in [3.8, 4) is 0 Å². The van der Waals surface area contributed by atoms with Gasteiger partial charge in [-0.15, -0.1) is 0 Å². The van der Waals surface area contributed by atoms with Crippen molar-refractivity contribution in [2.45, 2.75) is 13.8 Å². The molecule has 2 rings (SSSR count). The number of fused-ring (bicyclic) bond motifs is 1. The highest BCUT2D eigenvalue weighted by atomic mass is 16.2. The zero-order chi connectivity index (χ0) is 12.4. The van der Waals surface area contributed by atoms with E-state index in [1.165, 1.54) is 0 Å². The van der Waals surface area contributed by atoms with Gasteiger partial charge in [0, 0.05) is 25.5 Å². The molecule has 0 saturated heterocycles. The minimum atomic E-state index is 0.00630. The second-order valence-electron chi connectivity index (χ2n) is 3.97. The SMILES string of the molecule is CCN(CC)C(=O)c1nn(C)c2ccccc12. The van der Waals surface area contributed by atoms with Crippen molar-refractivity contribution >= 4 is 16.8 Å². The van der Waals surface area contributed by atoms with E-state index in [2.05, 4.69) is 5.10 Å². The Morgan fingerprint density at radius 1 is 1.29 bits per heavy atom. The number of aromatic nitrogens is 2. The predicted molar refractivity (Wildman–Crippen MR) is 68.0 cm³/mol. The van der Waals surface area contributed by atoms with E-state index in [1.807, 2.05) is 45.2 Å². The van der Waals surface area contributed by atoms with Crippen LogP contribution in [-0.4, -0.2) is 33.7 Å². The lowest BCUT2D eigenvalue weighted by atomic mass is 10.2. The number of benzene rings is 1. The molecule has 1 heterocycles. The summed E-state index contributed by atoms with van der Waals surface area (Å²) >= 11 is 0. The number of rotatable bonds is 3. The lowest BCUT2D eigenvalue weighted by Crippen LogP contribution is -2.31. The van der Waals surface area contributed by atoms with Crippen LogP contribution in [0.25, 0.3) is 10.9 Å². The third-order valence-electron chi connectivity index (χ3n) is 3.01. The first-order valence-electron chi connectivity index (χ1n) is 5.90. The predicted octanol–water partition coefficient (Wildman–Crippen LogP) is 2.06. The van der Waals surface area contributed by atoms with Gasteiger partial charge >= 0.3 is 0 Å². The first-order valence-corrected chi connectivity index (χ1v) is 5.90. The van der Waals surface area contributed by atoms with Crippen molar-refractivity contribution in [2.75, 3.05) is 13.1 Å². The Kier molecular flexibility index (Phi) is 3.13. The van der Waals surface area contributed by atoms with Gasteiger partial charge in [-0.3, -0.25) is 9.48 Å². The number of hydrogen-bond donors (Lipinski definition) is 0. The number of carbonyl (C=O) groups excluding carboxylic acids is 1. The van der Waals surface area contributed by atoms with Crippen LogP contribution in [0.3, 0.4) is 0 Å². The summed E-state index contributed by atoms with van der Waals surface area (Å²) in [6.07, 6.45) is 0. The maximum atomic E-state index is 12.3.